The molecule has 0 spiro atoms. The number of hydrogen-bond donors (Lipinski definition) is 1. The van der Waals surface area contributed by atoms with Crippen LogP contribution in [0, 0.1) is 0 Å². The smallest absolute Gasteiger partial charge is 0.161 e. The summed E-state index contributed by atoms with van der Waals surface area (Å²) in [4.78, 5) is 11.5. The second-order valence-electron chi connectivity index (χ2n) is 5.51. The summed E-state index contributed by atoms with van der Waals surface area (Å²) in [6.07, 6.45) is 3.59. The molecule has 5 nitrogen and oxygen atoms in total. The highest BCUT2D eigenvalue weighted by Gasteiger charge is 2.29. The lowest BCUT2D eigenvalue weighted by molar-refractivity contribution is -0.0342. The SMILES string of the molecule is CCCN1CCOC(c2nc(N)cc(C3CC3)n2)C1. The predicted octanol–water partition coefficient (Wildman–Crippen LogP) is 1.72. The monoisotopic (exact) mass is 262 g/mol. The minimum absolute atomic E-state index is 0.0266. The Morgan fingerprint density at radius 2 is 2.26 bits per heavy atom. The van der Waals surface area contributed by atoms with Gasteiger partial charge in [-0.3, -0.25) is 4.90 Å². The van der Waals surface area contributed by atoms with E-state index in [9.17, 15) is 0 Å². The number of ether oxygens (including phenoxy) is 1. The Labute approximate surface area is 114 Å². The maximum atomic E-state index is 5.90. The molecule has 1 unspecified atom stereocenters. The van der Waals surface area contributed by atoms with Crippen LogP contribution >= 0.6 is 0 Å². The zero-order chi connectivity index (χ0) is 13.2. The van der Waals surface area contributed by atoms with Crippen LogP contribution in [0.25, 0.3) is 0 Å². The fourth-order valence-electron chi connectivity index (χ4n) is 2.62. The lowest BCUT2D eigenvalue weighted by Crippen LogP contribution is -2.39. The molecular formula is C14H22N4O. The fraction of sp³-hybridized carbons (Fsp3) is 0.714. The molecule has 0 radical (unpaired) electrons. The van der Waals surface area contributed by atoms with Gasteiger partial charge in [-0.05, 0) is 25.8 Å². The molecule has 2 fully saturated rings. The molecule has 1 saturated carbocycles. The fourth-order valence-corrected chi connectivity index (χ4v) is 2.62. The van der Waals surface area contributed by atoms with E-state index in [0.717, 1.165) is 44.2 Å². The normalized spacial score (nSPS) is 24.6. The molecule has 0 amide bonds. The van der Waals surface area contributed by atoms with Gasteiger partial charge in [0.15, 0.2) is 5.82 Å². The first-order chi connectivity index (χ1) is 9.26. The minimum atomic E-state index is -0.0266. The lowest BCUT2D eigenvalue weighted by atomic mass is 10.2. The van der Waals surface area contributed by atoms with E-state index >= 15 is 0 Å². The molecule has 1 aromatic rings. The Kier molecular flexibility index (Phi) is 3.66. The van der Waals surface area contributed by atoms with Crippen molar-refractivity contribution in [1.82, 2.24) is 14.9 Å². The van der Waals surface area contributed by atoms with Gasteiger partial charge in [0.05, 0.1) is 6.61 Å². The van der Waals surface area contributed by atoms with Crippen LogP contribution in [-0.4, -0.2) is 41.1 Å². The van der Waals surface area contributed by atoms with Gasteiger partial charge in [-0.1, -0.05) is 6.92 Å². The first-order valence-electron chi connectivity index (χ1n) is 7.24. The van der Waals surface area contributed by atoms with Gasteiger partial charge in [-0.15, -0.1) is 0 Å². The third kappa shape index (κ3) is 3.04. The number of aromatic nitrogens is 2. The summed E-state index contributed by atoms with van der Waals surface area (Å²) in [6.45, 7) is 5.94. The number of hydrogen-bond acceptors (Lipinski definition) is 5. The second kappa shape index (κ2) is 5.43. The van der Waals surface area contributed by atoms with E-state index in [0.29, 0.717) is 11.7 Å². The Morgan fingerprint density at radius 1 is 1.42 bits per heavy atom. The van der Waals surface area contributed by atoms with Crippen LogP contribution in [-0.2, 0) is 4.74 Å². The van der Waals surface area contributed by atoms with E-state index in [-0.39, 0.29) is 6.10 Å². The summed E-state index contributed by atoms with van der Waals surface area (Å²) in [5, 5.41) is 0. The van der Waals surface area contributed by atoms with Crippen LogP contribution in [0.4, 0.5) is 5.82 Å². The van der Waals surface area contributed by atoms with Crippen LogP contribution in [0.1, 0.15) is 49.7 Å². The summed E-state index contributed by atoms with van der Waals surface area (Å²) in [5.74, 6) is 1.94. The Morgan fingerprint density at radius 3 is 3.00 bits per heavy atom. The van der Waals surface area contributed by atoms with Gasteiger partial charge in [0.25, 0.3) is 0 Å². The van der Waals surface area contributed by atoms with Gasteiger partial charge < -0.3 is 10.5 Å². The molecule has 0 bridgehead atoms. The second-order valence-corrected chi connectivity index (χ2v) is 5.51. The maximum absolute atomic E-state index is 5.90. The first-order valence-corrected chi connectivity index (χ1v) is 7.24. The number of rotatable bonds is 4. The standard InChI is InChI=1S/C14H22N4O/c1-2-5-18-6-7-19-12(9-18)14-16-11(10-3-4-10)8-13(15)17-14/h8,10,12H,2-7,9H2,1H3,(H2,15,16,17). The van der Waals surface area contributed by atoms with Crippen LogP contribution < -0.4 is 5.73 Å². The van der Waals surface area contributed by atoms with Crippen molar-refractivity contribution in [2.24, 2.45) is 0 Å². The van der Waals surface area contributed by atoms with Crippen molar-refractivity contribution in [2.75, 3.05) is 32.0 Å². The maximum Gasteiger partial charge on any atom is 0.161 e. The van der Waals surface area contributed by atoms with E-state index in [1.165, 1.54) is 12.8 Å². The van der Waals surface area contributed by atoms with Crippen molar-refractivity contribution in [1.29, 1.82) is 0 Å². The third-order valence-electron chi connectivity index (χ3n) is 3.76. The zero-order valence-corrected chi connectivity index (χ0v) is 11.5. The van der Waals surface area contributed by atoms with Gasteiger partial charge in [-0.2, -0.15) is 0 Å². The van der Waals surface area contributed by atoms with Gasteiger partial charge >= 0.3 is 0 Å². The molecule has 1 saturated heterocycles. The molecule has 2 N–H and O–H groups in total. The third-order valence-corrected chi connectivity index (χ3v) is 3.76. The Bertz CT molecular complexity index is 445. The van der Waals surface area contributed by atoms with Crippen LogP contribution in [0.3, 0.4) is 0 Å². The van der Waals surface area contributed by atoms with Gasteiger partial charge in [0.1, 0.15) is 11.9 Å². The highest BCUT2D eigenvalue weighted by molar-refractivity contribution is 5.33. The summed E-state index contributed by atoms with van der Waals surface area (Å²) in [5.41, 5.74) is 7.00. The number of nitrogens with zero attached hydrogens (tertiary/aromatic N) is 3. The van der Waals surface area contributed by atoms with E-state index in [1.54, 1.807) is 0 Å². The highest BCUT2D eigenvalue weighted by Crippen LogP contribution is 2.39. The van der Waals surface area contributed by atoms with Crippen molar-refractivity contribution in [2.45, 2.75) is 38.2 Å². The van der Waals surface area contributed by atoms with E-state index in [2.05, 4.69) is 21.8 Å². The predicted molar refractivity (Wildman–Crippen MR) is 73.8 cm³/mol. The minimum Gasteiger partial charge on any atom is -0.384 e. The molecule has 3 rings (SSSR count). The molecule has 2 aliphatic rings. The van der Waals surface area contributed by atoms with E-state index in [1.807, 2.05) is 6.07 Å². The molecule has 2 heterocycles. The molecular weight excluding hydrogens is 240 g/mol. The van der Waals surface area contributed by atoms with Gasteiger partial charge in [0, 0.05) is 30.8 Å². The summed E-state index contributed by atoms with van der Waals surface area (Å²) in [6, 6.07) is 1.91. The van der Waals surface area contributed by atoms with E-state index in [4.69, 9.17) is 10.5 Å². The number of morpholine rings is 1. The summed E-state index contributed by atoms with van der Waals surface area (Å²) < 4.78 is 5.83. The van der Waals surface area contributed by atoms with Crippen LogP contribution in [0.2, 0.25) is 0 Å². The van der Waals surface area contributed by atoms with Crippen molar-refractivity contribution >= 4 is 5.82 Å². The number of nitrogens with two attached hydrogens (primary N) is 1. The Hall–Kier alpha value is -1.20. The topological polar surface area (TPSA) is 64.3 Å². The van der Waals surface area contributed by atoms with Crippen molar-refractivity contribution in [3.8, 4) is 0 Å². The molecule has 1 aromatic heterocycles. The molecule has 1 aliphatic carbocycles. The molecule has 19 heavy (non-hydrogen) atoms. The van der Waals surface area contributed by atoms with Crippen molar-refractivity contribution in [3.63, 3.8) is 0 Å². The quantitative estimate of drug-likeness (QED) is 0.895. The summed E-state index contributed by atoms with van der Waals surface area (Å²) in [7, 11) is 0. The van der Waals surface area contributed by atoms with E-state index < -0.39 is 0 Å². The van der Waals surface area contributed by atoms with Crippen molar-refractivity contribution in [3.05, 3.63) is 17.6 Å². The molecule has 1 aliphatic heterocycles. The Balaban J connectivity index is 1.76. The molecule has 1 atom stereocenters. The molecule has 104 valence electrons. The molecule has 5 heteroatoms. The van der Waals surface area contributed by atoms with Gasteiger partial charge in [-0.25, -0.2) is 9.97 Å². The highest BCUT2D eigenvalue weighted by atomic mass is 16.5. The average molecular weight is 262 g/mol. The zero-order valence-electron chi connectivity index (χ0n) is 11.5. The van der Waals surface area contributed by atoms with Crippen molar-refractivity contribution < 1.29 is 4.74 Å². The van der Waals surface area contributed by atoms with Crippen LogP contribution in [0.15, 0.2) is 6.07 Å². The average Bonchev–Trinajstić information content (AvgIpc) is 3.23. The van der Waals surface area contributed by atoms with Gasteiger partial charge in [0.2, 0.25) is 0 Å². The number of nitrogen functional groups attached to an aromatic ring is 1. The summed E-state index contributed by atoms with van der Waals surface area (Å²) >= 11 is 0. The lowest BCUT2D eigenvalue weighted by Gasteiger charge is -2.32. The first kappa shape index (κ1) is 12.8. The number of anilines is 1. The van der Waals surface area contributed by atoms with Crippen LogP contribution in [0.5, 0.6) is 0 Å². The molecule has 0 aromatic carbocycles. The largest absolute Gasteiger partial charge is 0.384 e.